The normalized spacial score (nSPS) is 19.3. The van der Waals surface area contributed by atoms with E-state index in [2.05, 4.69) is 5.10 Å². The minimum Gasteiger partial charge on any atom is -0.207 e. The second-order valence-electron chi connectivity index (χ2n) is 5.64. The molecule has 0 radical (unpaired) electrons. The fourth-order valence-corrected chi connectivity index (χ4v) is 4.99. The van der Waals surface area contributed by atoms with Crippen molar-refractivity contribution < 1.29 is 17.2 Å². The Morgan fingerprint density at radius 1 is 1.29 bits per heavy atom. The van der Waals surface area contributed by atoms with Crippen molar-refractivity contribution in [3.8, 4) is 0 Å². The van der Waals surface area contributed by atoms with Gasteiger partial charge in [0, 0.05) is 11.6 Å². The van der Waals surface area contributed by atoms with Gasteiger partial charge in [-0.25, -0.2) is 13.1 Å². The van der Waals surface area contributed by atoms with Crippen molar-refractivity contribution in [2.45, 2.75) is 37.3 Å². The monoisotopic (exact) mass is 375 g/mol. The number of hydrogen-bond donors (Lipinski definition) is 0. The maximum Gasteiger partial charge on any atom is 0.333 e. The average molecular weight is 376 g/mol. The van der Waals surface area contributed by atoms with Crippen LogP contribution in [0.4, 0.5) is 8.78 Å². The molecule has 5 nitrogen and oxygen atoms in total. The molecule has 1 aliphatic heterocycles. The highest BCUT2D eigenvalue weighted by atomic mass is 35.5. The first-order valence-corrected chi connectivity index (χ1v) is 9.23. The molecule has 1 aromatic heterocycles. The summed E-state index contributed by atoms with van der Waals surface area (Å²) in [6.07, 6.45) is 2.37. The van der Waals surface area contributed by atoms with Crippen molar-refractivity contribution >= 4 is 21.6 Å². The van der Waals surface area contributed by atoms with Gasteiger partial charge in [-0.05, 0) is 37.5 Å². The Morgan fingerprint density at radius 2 is 1.96 bits per heavy atom. The molecule has 2 heterocycles. The van der Waals surface area contributed by atoms with E-state index in [4.69, 9.17) is 11.6 Å². The standard InChI is InChI=1S/C15H16ClF2N3O2S/c1-10-14(9-19-21(10)15(17)18)24(22,23)20-8-2-3-13(20)11-4-6-12(16)7-5-11/h4-7,9,13,15H,2-3,8H2,1H3/t13-/m0/s1. The fraction of sp³-hybridized carbons (Fsp3) is 0.400. The molecular weight excluding hydrogens is 360 g/mol. The van der Waals surface area contributed by atoms with Gasteiger partial charge in [-0.1, -0.05) is 23.7 Å². The zero-order valence-electron chi connectivity index (χ0n) is 12.9. The smallest absolute Gasteiger partial charge is 0.207 e. The summed E-state index contributed by atoms with van der Waals surface area (Å²) in [6, 6.07) is 6.66. The molecule has 1 saturated heterocycles. The molecule has 0 spiro atoms. The lowest BCUT2D eigenvalue weighted by atomic mass is 10.1. The Labute approximate surface area is 143 Å². The molecule has 1 fully saturated rings. The van der Waals surface area contributed by atoms with E-state index in [1.54, 1.807) is 24.3 Å². The van der Waals surface area contributed by atoms with Crippen LogP contribution < -0.4 is 0 Å². The first-order chi connectivity index (χ1) is 11.3. The molecule has 0 N–H and O–H groups in total. The van der Waals surface area contributed by atoms with Crippen LogP contribution >= 0.6 is 11.6 Å². The Morgan fingerprint density at radius 3 is 2.54 bits per heavy atom. The second kappa shape index (κ2) is 6.42. The molecule has 2 aromatic rings. The largest absolute Gasteiger partial charge is 0.333 e. The van der Waals surface area contributed by atoms with E-state index < -0.39 is 16.6 Å². The van der Waals surface area contributed by atoms with E-state index in [1.165, 1.54) is 11.2 Å². The van der Waals surface area contributed by atoms with E-state index in [0.717, 1.165) is 11.8 Å². The van der Waals surface area contributed by atoms with Gasteiger partial charge in [0.1, 0.15) is 4.90 Å². The van der Waals surface area contributed by atoms with E-state index >= 15 is 0 Å². The summed E-state index contributed by atoms with van der Waals surface area (Å²) in [6.45, 7) is -1.20. The maximum absolute atomic E-state index is 12.9. The summed E-state index contributed by atoms with van der Waals surface area (Å²) in [5.41, 5.74) is 0.770. The highest BCUT2D eigenvalue weighted by Gasteiger charge is 2.38. The van der Waals surface area contributed by atoms with E-state index in [9.17, 15) is 17.2 Å². The van der Waals surface area contributed by atoms with Crippen LogP contribution in [0, 0.1) is 6.92 Å². The lowest BCUT2D eigenvalue weighted by Crippen LogP contribution is -2.31. The average Bonchev–Trinajstić information content (AvgIpc) is 3.15. The van der Waals surface area contributed by atoms with Gasteiger partial charge in [-0.15, -0.1) is 0 Å². The highest BCUT2D eigenvalue weighted by molar-refractivity contribution is 7.89. The van der Waals surface area contributed by atoms with Gasteiger partial charge in [0.05, 0.1) is 17.9 Å². The highest BCUT2D eigenvalue weighted by Crippen LogP contribution is 2.37. The van der Waals surface area contributed by atoms with E-state index in [0.29, 0.717) is 29.1 Å². The van der Waals surface area contributed by atoms with Crippen LogP contribution in [0.15, 0.2) is 35.4 Å². The molecule has 0 amide bonds. The van der Waals surface area contributed by atoms with Gasteiger partial charge in [0.2, 0.25) is 10.0 Å². The number of rotatable bonds is 4. The third-order valence-electron chi connectivity index (χ3n) is 4.23. The molecule has 0 saturated carbocycles. The molecule has 3 rings (SSSR count). The van der Waals surface area contributed by atoms with Gasteiger partial charge < -0.3 is 0 Å². The number of sulfonamides is 1. The molecule has 0 bridgehead atoms. The van der Waals surface area contributed by atoms with Gasteiger partial charge >= 0.3 is 6.55 Å². The Hall–Kier alpha value is -1.51. The van der Waals surface area contributed by atoms with Gasteiger partial charge in [-0.2, -0.15) is 18.2 Å². The van der Waals surface area contributed by atoms with Crippen molar-refractivity contribution in [1.82, 2.24) is 14.1 Å². The molecule has 0 unspecified atom stereocenters. The minimum absolute atomic E-state index is 0.0632. The molecule has 1 aromatic carbocycles. The first-order valence-electron chi connectivity index (χ1n) is 7.42. The summed E-state index contributed by atoms with van der Waals surface area (Å²) < 4.78 is 53.4. The molecule has 24 heavy (non-hydrogen) atoms. The number of nitrogens with zero attached hydrogens (tertiary/aromatic N) is 3. The molecule has 0 aliphatic carbocycles. The number of aromatic nitrogens is 2. The topological polar surface area (TPSA) is 55.2 Å². The van der Waals surface area contributed by atoms with E-state index in [-0.39, 0.29) is 16.6 Å². The van der Waals surface area contributed by atoms with Crippen molar-refractivity contribution in [3.63, 3.8) is 0 Å². The molecular formula is C15H16ClF2N3O2S. The Balaban J connectivity index is 1.98. The summed E-state index contributed by atoms with van der Waals surface area (Å²) in [5.74, 6) is 0. The van der Waals surface area contributed by atoms with Crippen LogP contribution in [0.3, 0.4) is 0 Å². The third-order valence-corrected chi connectivity index (χ3v) is 6.49. The van der Waals surface area contributed by atoms with Gasteiger partial charge in [0.15, 0.2) is 0 Å². The molecule has 1 atom stereocenters. The lowest BCUT2D eigenvalue weighted by Gasteiger charge is -2.24. The summed E-state index contributed by atoms with van der Waals surface area (Å²) in [7, 11) is -3.91. The fourth-order valence-electron chi connectivity index (χ4n) is 3.03. The summed E-state index contributed by atoms with van der Waals surface area (Å²) in [4.78, 5) is -0.177. The predicted octanol–water partition coefficient (Wildman–Crippen LogP) is 3.77. The second-order valence-corrected chi connectivity index (χ2v) is 7.94. The van der Waals surface area contributed by atoms with Crippen LogP contribution in [-0.4, -0.2) is 29.0 Å². The van der Waals surface area contributed by atoms with E-state index in [1.807, 2.05) is 0 Å². The van der Waals surface area contributed by atoms with Crippen LogP contribution in [0.25, 0.3) is 0 Å². The molecule has 9 heteroatoms. The van der Waals surface area contributed by atoms with Crippen LogP contribution in [-0.2, 0) is 10.0 Å². The Bertz CT molecular complexity index is 837. The first kappa shape index (κ1) is 17.3. The van der Waals surface area contributed by atoms with Crippen molar-refractivity contribution in [2.75, 3.05) is 6.54 Å². The molecule has 130 valence electrons. The Kier molecular flexibility index (Phi) is 4.63. The van der Waals surface area contributed by atoms with Crippen molar-refractivity contribution in [1.29, 1.82) is 0 Å². The minimum atomic E-state index is -3.91. The number of hydrogen-bond acceptors (Lipinski definition) is 3. The SMILES string of the molecule is Cc1c(S(=O)(=O)N2CCC[C@H]2c2ccc(Cl)cc2)cnn1C(F)F. The van der Waals surface area contributed by atoms with Crippen LogP contribution in [0.1, 0.15) is 36.7 Å². The lowest BCUT2D eigenvalue weighted by molar-refractivity contribution is 0.0541. The number of halogens is 3. The predicted molar refractivity (Wildman–Crippen MR) is 85.5 cm³/mol. The molecule has 1 aliphatic rings. The zero-order chi connectivity index (χ0) is 17.5. The quantitative estimate of drug-likeness (QED) is 0.817. The zero-order valence-corrected chi connectivity index (χ0v) is 14.4. The van der Waals surface area contributed by atoms with Gasteiger partial charge in [-0.3, -0.25) is 0 Å². The maximum atomic E-state index is 12.9. The van der Waals surface area contributed by atoms with Crippen LogP contribution in [0.2, 0.25) is 5.02 Å². The number of alkyl halides is 2. The van der Waals surface area contributed by atoms with Crippen LogP contribution in [0.5, 0.6) is 0 Å². The van der Waals surface area contributed by atoms with Gasteiger partial charge in [0.25, 0.3) is 0 Å². The summed E-state index contributed by atoms with van der Waals surface area (Å²) in [5, 5.41) is 4.08. The van der Waals surface area contributed by atoms with Crippen molar-refractivity contribution in [2.24, 2.45) is 0 Å². The summed E-state index contributed by atoms with van der Waals surface area (Å²) >= 11 is 5.88. The van der Waals surface area contributed by atoms with Crippen molar-refractivity contribution in [3.05, 3.63) is 46.7 Å². The number of benzene rings is 1. The third kappa shape index (κ3) is 2.94.